The molecule has 0 saturated carbocycles. The van der Waals surface area contributed by atoms with E-state index in [1.165, 1.54) is 13.2 Å². The number of methoxy groups -OCH3 is 1. The van der Waals surface area contributed by atoms with Crippen LogP contribution in [0.1, 0.15) is 51.5 Å². The molecule has 6 nitrogen and oxygen atoms in total. The van der Waals surface area contributed by atoms with Gasteiger partial charge in [-0.25, -0.2) is 0 Å². The Morgan fingerprint density at radius 2 is 1.70 bits per heavy atom. The lowest BCUT2D eigenvalue weighted by molar-refractivity contribution is -0.140. The van der Waals surface area contributed by atoms with Crippen molar-refractivity contribution in [1.82, 2.24) is 5.32 Å². The number of carbonyl (C=O) groups excluding carboxylic acids is 2. The zero-order valence-corrected chi connectivity index (χ0v) is 16.6. The molecule has 0 spiro atoms. The van der Waals surface area contributed by atoms with Crippen LogP contribution in [0.25, 0.3) is 6.08 Å². The molecule has 27 heavy (non-hydrogen) atoms. The van der Waals surface area contributed by atoms with Gasteiger partial charge in [-0.15, -0.1) is 0 Å². The van der Waals surface area contributed by atoms with E-state index in [2.05, 4.69) is 10.1 Å². The lowest BCUT2D eigenvalue weighted by Gasteiger charge is -2.11. The van der Waals surface area contributed by atoms with Gasteiger partial charge in [0.15, 0.2) is 11.5 Å². The van der Waals surface area contributed by atoms with Crippen LogP contribution in [0.4, 0.5) is 0 Å². The Bertz CT molecular complexity index is 613. The van der Waals surface area contributed by atoms with Crippen LogP contribution in [0.15, 0.2) is 24.3 Å². The van der Waals surface area contributed by atoms with E-state index in [1.54, 1.807) is 6.08 Å². The number of rotatable bonds is 13. The standard InChI is InChI=1S/C21H31NO5/c1-4-26-18-13-11-17(16-19(18)27-5-2)12-14-20(23)22-15-9-7-6-8-10-21(24)25-3/h11-14,16H,4-10,15H2,1-3H3,(H,22,23)/b14-12+. The molecule has 1 amide bonds. The number of unbranched alkanes of at least 4 members (excludes halogenated alkanes) is 3. The van der Waals surface area contributed by atoms with E-state index in [4.69, 9.17) is 9.47 Å². The Morgan fingerprint density at radius 1 is 1.00 bits per heavy atom. The molecule has 0 aliphatic carbocycles. The number of nitrogens with one attached hydrogen (secondary N) is 1. The van der Waals surface area contributed by atoms with Crippen LogP contribution >= 0.6 is 0 Å². The summed E-state index contributed by atoms with van der Waals surface area (Å²) < 4.78 is 15.7. The number of benzene rings is 1. The zero-order valence-electron chi connectivity index (χ0n) is 16.6. The van der Waals surface area contributed by atoms with Crippen molar-refractivity contribution in [3.63, 3.8) is 0 Å². The Balaban J connectivity index is 2.34. The smallest absolute Gasteiger partial charge is 0.305 e. The van der Waals surface area contributed by atoms with E-state index in [0.29, 0.717) is 37.7 Å². The van der Waals surface area contributed by atoms with Gasteiger partial charge in [-0.05, 0) is 50.5 Å². The molecule has 0 saturated heterocycles. The van der Waals surface area contributed by atoms with Gasteiger partial charge in [0, 0.05) is 19.0 Å². The van der Waals surface area contributed by atoms with Crippen molar-refractivity contribution < 1.29 is 23.8 Å². The number of hydrogen-bond donors (Lipinski definition) is 1. The Hall–Kier alpha value is -2.50. The van der Waals surface area contributed by atoms with Crippen LogP contribution in [0, 0.1) is 0 Å². The molecular formula is C21H31NO5. The molecule has 0 aromatic heterocycles. The van der Waals surface area contributed by atoms with Crippen molar-refractivity contribution in [3.8, 4) is 11.5 Å². The Labute approximate surface area is 161 Å². The summed E-state index contributed by atoms with van der Waals surface area (Å²) in [6.07, 6.45) is 7.35. The highest BCUT2D eigenvalue weighted by atomic mass is 16.5. The van der Waals surface area contributed by atoms with Gasteiger partial charge < -0.3 is 19.5 Å². The summed E-state index contributed by atoms with van der Waals surface area (Å²) in [5.74, 6) is 1.08. The molecule has 150 valence electrons. The van der Waals surface area contributed by atoms with Crippen LogP contribution < -0.4 is 14.8 Å². The third-order valence-corrected chi connectivity index (χ3v) is 3.83. The average Bonchev–Trinajstić information content (AvgIpc) is 2.67. The van der Waals surface area contributed by atoms with Crippen molar-refractivity contribution in [3.05, 3.63) is 29.8 Å². The summed E-state index contributed by atoms with van der Waals surface area (Å²) in [5, 5.41) is 2.86. The van der Waals surface area contributed by atoms with Crippen LogP contribution in [0.5, 0.6) is 11.5 Å². The third-order valence-electron chi connectivity index (χ3n) is 3.83. The molecule has 0 atom stereocenters. The minimum Gasteiger partial charge on any atom is -0.490 e. The first-order chi connectivity index (χ1) is 13.1. The molecule has 0 heterocycles. The van der Waals surface area contributed by atoms with Crippen molar-refractivity contribution >= 4 is 18.0 Å². The van der Waals surface area contributed by atoms with Gasteiger partial charge in [0.1, 0.15) is 0 Å². The molecular weight excluding hydrogens is 346 g/mol. The van der Waals surface area contributed by atoms with Crippen molar-refractivity contribution in [2.75, 3.05) is 26.9 Å². The van der Waals surface area contributed by atoms with E-state index < -0.39 is 0 Å². The number of esters is 1. The summed E-state index contributed by atoms with van der Waals surface area (Å²) in [6, 6.07) is 5.60. The van der Waals surface area contributed by atoms with Crippen molar-refractivity contribution in [1.29, 1.82) is 0 Å². The molecule has 6 heteroatoms. The first-order valence-corrected chi connectivity index (χ1v) is 9.53. The maximum Gasteiger partial charge on any atom is 0.305 e. The van der Waals surface area contributed by atoms with Crippen LogP contribution in [-0.2, 0) is 14.3 Å². The fraction of sp³-hybridized carbons (Fsp3) is 0.524. The van der Waals surface area contributed by atoms with Gasteiger partial charge in [-0.1, -0.05) is 18.9 Å². The molecule has 0 fully saturated rings. The predicted octanol–water partition coefficient (Wildman–Crippen LogP) is 3.74. The summed E-state index contributed by atoms with van der Waals surface area (Å²) in [7, 11) is 1.40. The van der Waals surface area contributed by atoms with Crippen LogP contribution in [0.2, 0.25) is 0 Å². The predicted molar refractivity (Wildman–Crippen MR) is 106 cm³/mol. The van der Waals surface area contributed by atoms with Gasteiger partial charge in [-0.3, -0.25) is 9.59 Å². The lowest BCUT2D eigenvalue weighted by atomic mass is 10.1. The van der Waals surface area contributed by atoms with Gasteiger partial charge >= 0.3 is 5.97 Å². The molecule has 0 unspecified atom stereocenters. The normalized spacial score (nSPS) is 10.6. The minimum absolute atomic E-state index is 0.128. The van der Waals surface area contributed by atoms with E-state index in [-0.39, 0.29) is 11.9 Å². The van der Waals surface area contributed by atoms with E-state index in [9.17, 15) is 9.59 Å². The highest BCUT2D eigenvalue weighted by molar-refractivity contribution is 5.91. The molecule has 0 aliphatic rings. The van der Waals surface area contributed by atoms with E-state index >= 15 is 0 Å². The monoisotopic (exact) mass is 377 g/mol. The number of amides is 1. The largest absolute Gasteiger partial charge is 0.490 e. The summed E-state index contributed by atoms with van der Waals surface area (Å²) in [4.78, 5) is 22.9. The SMILES string of the molecule is CCOc1ccc(/C=C/C(=O)NCCCCCCC(=O)OC)cc1OCC. The summed E-state index contributed by atoms with van der Waals surface area (Å²) in [5.41, 5.74) is 0.875. The fourth-order valence-electron chi connectivity index (χ4n) is 2.46. The van der Waals surface area contributed by atoms with Gasteiger partial charge in [-0.2, -0.15) is 0 Å². The van der Waals surface area contributed by atoms with Crippen molar-refractivity contribution in [2.24, 2.45) is 0 Å². The highest BCUT2D eigenvalue weighted by Gasteiger charge is 2.05. The molecule has 1 aromatic rings. The molecule has 1 rings (SSSR count). The quantitative estimate of drug-likeness (QED) is 0.322. The lowest BCUT2D eigenvalue weighted by Crippen LogP contribution is -2.21. The van der Waals surface area contributed by atoms with Gasteiger partial charge in [0.2, 0.25) is 5.91 Å². The molecule has 0 aliphatic heterocycles. The summed E-state index contributed by atoms with van der Waals surface area (Å²) in [6.45, 7) is 5.58. The molecule has 1 aromatic carbocycles. The summed E-state index contributed by atoms with van der Waals surface area (Å²) >= 11 is 0. The average molecular weight is 377 g/mol. The first-order valence-electron chi connectivity index (χ1n) is 9.53. The number of ether oxygens (including phenoxy) is 3. The molecule has 1 N–H and O–H groups in total. The second-order valence-electron chi connectivity index (χ2n) is 5.94. The van der Waals surface area contributed by atoms with Crippen LogP contribution in [-0.4, -0.2) is 38.7 Å². The highest BCUT2D eigenvalue weighted by Crippen LogP contribution is 2.28. The fourth-order valence-corrected chi connectivity index (χ4v) is 2.46. The second-order valence-corrected chi connectivity index (χ2v) is 5.94. The Kier molecular flexibility index (Phi) is 11.4. The number of hydrogen-bond acceptors (Lipinski definition) is 5. The first kappa shape index (κ1) is 22.5. The van der Waals surface area contributed by atoms with Gasteiger partial charge in [0.05, 0.1) is 20.3 Å². The third kappa shape index (κ3) is 9.68. The topological polar surface area (TPSA) is 73.9 Å². The second kappa shape index (κ2) is 13.7. The maximum atomic E-state index is 11.9. The Morgan fingerprint density at radius 3 is 2.41 bits per heavy atom. The zero-order chi connectivity index (χ0) is 19.9. The number of carbonyl (C=O) groups is 2. The van der Waals surface area contributed by atoms with E-state index in [1.807, 2.05) is 32.0 Å². The minimum atomic E-state index is -0.171. The van der Waals surface area contributed by atoms with E-state index in [0.717, 1.165) is 31.2 Å². The van der Waals surface area contributed by atoms with Crippen LogP contribution in [0.3, 0.4) is 0 Å². The van der Waals surface area contributed by atoms with Gasteiger partial charge in [0.25, 0.3) is 0 Å². The molecule has 0 radical (unpaired) electrons. The van der Waals surface area contributed by atoms with Crippen molar-refractivity contribution in [2.45, 2.75) is 46.0 Å². The maximum absolute atomic E-state index is 11.9. The molecule has 0 bridgehead atoms.